The molecule has 1 nitrogen and oxygen atoms in total. The summed E-state index contributed by atoms with van der Waals surface area (Å²) < 4.78 is 0. The number of rotatable bonds is 4. The molecule has 0 aliphatic rings. The first-order valence-corrected chi connectivity index (χ1v) is 6.61. The molecule has 0 saturated carbocycles. The Balaban J connectivity index is 2.54. The van der Waals surface area contributed by atoms with E-state index in [0.29, 0.717) is 0 Å². The van der Waals surface area contributed by atoms with E-state index in [4.69, 9.17) is 4.98 Å². The molecule has 0 saturated heterocycles. The van der Waals surface area contributed by atoms with Crippen molar-refractivity contribution < 1.29 is 0 Å². The molecule has 0 bridgehead atoms. The predicted octanol–water partition coefficient (Wildman–Crippen LogP) is 4.94. The molecule has 0 N–H and O–H groups in total. The van der Waals surface area contributed by atoms with Gasteiger partial charge in [0.15, 0.2) is 0 Å². The minimum Gasteiger partial charge on any atom is -0.248 e. The maximum Gasteiger partial charge on any atom is 0.0709 e. The van der Waals surface area contributed by atoms with Crippen LogP contribution in [0.1, 0.15) is 25.1 Å². The van der Waals surface area contributed by atoms with Crippen LogP contribution >= 0.6 is 0 Å². The van der Waals surface area contributed by atoms with Gasteiger partial charge >= 0.3 is 0 Å². The summed E-state index contributed by atoms with van der Waals surface area (Å²) in [7, 11) is 0. The minimum atomic E-state index is 0.990. The van der Waals surface area contributed by atoms with Gasteiger partial charge in [-0.25, -0.2) is 4.98 Å². The zero-order chi connectivity index (χ0) is 13.7. The van der Waals surface area contributed by atoms with Gasteiger partial charge in [-0.3, -0.25) is 0 Å². The molecule has 0 unspecified atom stereocenters. The molecule has 1 heterocycles. The molecule has 0 aliphatic carbocycles. The molecule has 2 aromatic rings. The van der Waals surface area contributed by atoms with Crippen molar-refractivity contribution in [3.8, 4) is 0 Å². The summed E-state index contributed by atoms with van der Waals surface area (Å²) in [5.74, 6) is 0. The number of allylic oxidation sites excluding steroid dienone is 5. The molecule has 0 atom stereocenters. The van der Waals surface area contributed by atoms with Crippen LogP contribution in [0.5, 0.6) is 0 Å². The monoisotopic (exact) mass is 249 g/mol. The van der Waals surface area contributed by atoms with E-state index in [0.717, 1.165) is 17.6 Å². The van der Waals surface area contributed by atoms with Crippen LogP contribution in [0.2, 0.25) is 0 Å². The maximum absolute atomic E-state index is 4.80. The SMILES string of the molecule is C=C/C=C\C=C(/C)c1nc2ccccc2cc1CC. The predicted molar refractivity (Wildman–Crippen MR) is 84.1 cm³/mol. The van der Waals surface area contributed by atoms with Crippen LogP contribution in [0.4, 0.5) is 0 Å². The molecular weight excluding hydrogens is 230 g/mol. The maximum atomic E-state index is 4.80. The molecule has 0 aliphatic heterocycles. The first kappa shape index (κ1) is 13.3. The number of pyridine rings is 1. The Labute approximate surface area is 115 Å². The summed E-state index contributed by atoms with van der Waals surface area (Å²) in [6.45, 7) is 7.94. The Morgan fingerprint density at radius 2 is 2.05 bits per heavy atom. The van der Waals surface area contributed by atoms with Crippen molar-refractivity contribution in [3.63, 3.8) is 0 Å². The van der Waals surface area contributed by atoms with Crippen LogP contribution in [0, 0.1) is 0 Å². The van der Waals surface area contributed by atoms with Gasteiger partial charge in [-0.1, -0.05) is 56.0 Å². The number of hydrogen-bond acceptors (Lipinski definition) is 1. The van der Waals surface area contributed by atoms with Crippen LogP contribution in [0.3, 0.4) is 0 Å². The summed E-state index contributed by atoms with van der Waals surface area (Å²) >= 11 is 0. The molecule has 1 aromatic heterocycles. The van der Waals surface area contributed by atoms with Gasteiger partial charge in [0.2, 0.25) is 0 Å². The summed E-state index contributed by atoms with van der Waals surface area (Å²) in [5, 5.41) is 1.21. The zero-order valence-electron chi connectivity index (χ0n) is 11.6. The number of para-hydroxylation sites is 1. The van der Waals surface area contributed by atoms with Crippen LogP contribution < -0.4 is 0 Å². The van der Waals surface area contributed by atoms with Gasteiger partial charge in [-0.15, -0.1) is 0 Å². The first-order valence-electron chi connectivity index (χ1n) is 6.61. The van der Waals surface area contributed by atoms with Crippen molar-refractivity contribution in [1.29, 1.82) is 0 Å². The average Bonchev–Trinajstić information content (AvgIpc) is 2.46. The lowest BCUT2D eigenvalue weighted by Crippen LogP contribution is -1.95. The number of aryl methyl sites for hydroxylation is 1. The standard InChI is InChI=1S/C18H19N/c1-4-6-7-10-14(3)18-15(5-2)13-16-11-8-9-12-17(16)19-18/h4,6-13H,1,5H2,2-3H3/b7-6-,14-10+. The molecule has 19 heavy (non-hydrogen) atoms. The quantitative estimate of drug-likeness (QED) is 0.699. The van der Waals surface area contributed by atoms with Crippen molar-refractivity contribution in [2.45, 2.75) is 20.3 Å². The summed E-state index contributed by atoms with van der Waals surface area (Å²) in [6.07, 6.45) is 8.77. The highest BCUT2D eigenvalue weighted by molar-refractivity contribution is 5.82. The van der Waals surface area contributed by atoms with E-state index in [2.05, 4.69) is 50.8 Å². The molecule has 1 aromatic carbocycles. The van der Waals surface area contributed by atoms with Crippen molar-refractivity contribution in [3.05, 3.63) is 72.5 Å². The van der Waals surface area contributed by atoms with Crippen molar-refractivity contribution >= 4 is 16.5 Å². The second-order valence-corrected chi connectivity index (χ2v) is 4.51. The first-order chi connectivity index (χ1) is 9.26. The van der Waals surface area contributed by atoms with Gasteiger partial charge in [0.25, 0.3) is 0 Å². The highest BCUT2D eigenvalue weighted by atomic mass is 14.7. The Bertz CT molecular complexity index is 648. The molecule has 0 fully saturated rings. The lowest BCUT2D eigenvalue weighted by molar-refractivity contribution is 1.10. The van der Waals surface area contributed by atoms with Crippen molar-refractivity contribution in [2.24, 2.45) is 0 Å². The fourth-order valence-corrected chi connectivity index (χ4v) is 2.13. The Hall–Kier alpha value is -2.15. The summed E-state index contributed by atoms with van der Waals surface area (Å²) in [4.78, 5) is 4.80. The highest BCUT2D eigenvalue weighted by Crippen LogP contribution is 2.22. The largest absolute Gasteiger partial charge is 0.248 e. The van der Waals surface area contributed by atoms with Crippen LogP contribution in [-0.4, -0.2) is 4.98 Å². The third-order valence-electron chi connectivity index (χ3n) is 3.15. The minimum absolute atomic E-state index is 0.990. The topological polar surface area (TPSA) is 12.9 Å². The number of hydrogen-bond donors (Lipinski definition) is 0. The lowest BCUT2D eigenvalue weighted by Gasteiger charge is -2.09. The van der Waals surface area contributed by atoms with E-state index in [1.165, 1.54) is 16.5 Å². The third kappa shape index (κ3) is 3.00. The Kier molecular flexibility index (Phi) is 4.30. The zero-order valence-corrected chi connectivity index (χ0v) is 11.6. The molecule has 0 radical (unpaired) electrons. The van der Waals surface area contributed by atoms with E-state index < -0.39 is 0 Å². The second-order valence-electron chi connectivity index (χ2n) is 4.51. The lowest BCUT2D eigenvalue weighted by atomic mass is 10.0. The number of aromatic nitrogens is 1. The van der Waals surface area contributed by atoms with Crippen LogP contribution in [0.25, 0.3) is 16.5 Å². The number of benzene rings is 1. The Morgan fingerprint density at radius 1 is 1.26 bits per heavy atom. The van der Waals surface area contributed by atoms with E-state index in [1.807, 2.05) is 18.2 Å². The molecule has 1 heteroatoms. The molecule has 0 spiro atoms. The summed E-state index contributed by atoms with van der Waals surface area (Å²) in [6, 6.07) is 10.5. The van der Waals surface area contributed by atoms with Crippen molar-refractivity contribution in [1.82, 2.24) is 4.98 Å². The van der Waals surface area contributed by atoms with Gasteiger partial charge in [-0.2, -0.15) is 0 Å². The average molecular weight is 249 g/mol. The van der Waals surface area contributed by atoms with E-state index >= 15 is 0 Å². The highest BCUT2D eigenvalue weighted by Gasteiger charge is 2.06. The van der Waals surface area contributed by atoms with Crippen molar-refractivity contribution in [2.75, 3.05) is 0 Å². The third-order valence-corrected chi connectivity index (χ3v) is 3.15. The Morgan fingerprint density at radius 3 is 2.79 bits per heavy atom. The number of fused-ring (bicyclic) bond motifs is 1. The van der Waals surface area contributed by atoms with Gasteiger partial charge in [0.05, 0.1) is 11.2 Å². The fraction of sp³-hybridized carbons (Fsp3) is 0.167. The van der Waals surface area contributed by atoms with E-state index in [1.54, 1.807) is 6.08 Å². The smallest absolute Gasteiger partial charge is 0.0709 e. The molecule has 2 rings (SSSR count). The second kappa shape index (κ2) is 6.14. The van der Waals surface area contributed by atoms with Gasteiger partial charge in [0, 0.05) is 5.39 Å². The van der Waals surface area contributed by atoms with Gasteiger partial charge in [-0.05, 0) is 36.6 Å². The normalized spacial score (nSPS) is 12.2. The van der Waals surface area contributed by atoms with Crippen LogP contribution in [0.15, 0.2) is 61.2 Å². The van der Waals surface area contributed by atoms with E-state index in [9.17, 15) is 0 Å². The van der Waals surface area contributed by atoms with E-state index in [-0.39, 0.29) is 0 Å². The molecule has 0 amide bonds. The van der Waals surface area contributed by atoms with Gasteiger partial charge in [0.1, 0.15) is 0 Å². The number of nitrogens with zero attached hydrogens (tertiary/aromatic N) is 1. The van der Waals surface area contributed by atoms with Crippen LogP contribution in [-0.2, 0) is 6.42 Å². The fourth-order valence-electron chi connectivity index (χ4n) is 2.13. The van der Waals surface area contributed by atoms with Gasteiger partial charge < -0.3 is 0 Å². The molecular formula is C18H19N. The summed E-state index contributed by atoms with van der Waals surface area (Å²) in [5.41, 5.74) is 4.62. The molecule has 96 valence electrons.